The first-order valence-corrected chi connectivity index (χ1v) is 6.77. The fourth-order valence-corrected chi connectivity index (χ4v) is 2.23. The Morgan fingerprint density at radius 1 is 1.00 bits per heavy atom. The van der Waals surface area contributed by atoms with Crippen molar-refractivity contribution in [3.63, 3.8) is 0 Å². The first-order valence-electron chi connectivity index (χ1n) is 6.77. The quantitative estimate of drug-likeness (QED) is 0.749. The lowest BCUT2D eigenvalue weighted by molar-refractivity contribution is 0.647. The molecular weight excluding hydrogens is 264 g/mol. The first kappa shape index (κ1) is 13.5. The zero-order valence-corrected chi connectivity index (χ0v) is 11.5. The normalized spacial score (nSPS) is 12.5. The third-order valence-corrected chi connectivity index (χ3v) is 3.30. The van der Waals surface area contributed by atoms with Crippen LogP contribution in [0, 0.1) is 0 Å². The summed E-state index contributed by atoms with van der Waals surface area (Å²) in [6.45, 7) is 0.516. The van der Waals surface area contributed by atoms with E-state index in [0.29, 0.717) is 18.8 Å². The molecule has 1 unspecified atom stereocenters. The maximum absolute atomic E-state index is 6.22. The van der Waals surface area contributed by atoms with Gasteiger partial charge in [0.25, 0.3) is 0 Å². The maximum atomic E-state index is 6.22. The largest absolute Gasteiger partial charge is 0.330 e. The van der Waals surface area contributed by atoms with Crippen molar-refractivity contribution in [2.45, 2.75) is 12.5 Å². The highest BCUT2D eigenvalue weighted by Gasteiger charge is 2.14. The first-order chi connectivity index (χ1) is 10.3. The number of hydrogen-bond donors (Lipinski definition) is 2. The van der Waals surface area contributed by atoms with E-state index in [1.807, 2.05) is 18.2 Å². The predicted octanol–water partition coefficient (Wildman–Crippen LogP) is 1.44. The number of aromatic nitrogens is 4. The molecule has 0 aromatic carbocycles. The Labute approximate surface area is 122 Å². The van der Waals surface area contributed by atoms with Crippen molar-refractivity contribution in [1.29, 1.82) is 0 Å². The van der Waals surface area contributed by atoms with Gasteiger partial charge in [0.2, 0.25) is 0 Å². The minimum atomic E-state index is -0.219. The standard InChI is InChI=1S/C15H16N6/c16-5-1-12(17)14-11-4-8-19-9-13(11)20-15(21-14)10-2-6-18-7-3-10/h2-4,6-9,12H,1,5,16-17H2. The van der Waals surface area contributed by atoms with E-state index in [-0.39, 0.29) is 6.04 Å². The fourth-order valence-electron chi connectivity index (χ4n) is 2.23. The van der Waals surface area contributed by atoms with Gasteiger partial charge in [-0.1, -0.05) is 0 Å². The van der Waals surface area contributed by atoms with Gasteiger partial charge in [0.05, 0.1) is 17.4 Å². The third-order valence-electron chi connectivity index (χ3n) is 3.30. The fraction of sp³-hybridized carbons (Fsp3) is 0.200. The molecule has 0 spiro atoms. The monoisotopic (exact) mass is 280 g/mol. The number of nitrogens with zero attached hydrogens (tertiary/aromatic N) is 4. The lowest BCUT2D eigenvalue weighted by atomic mass is 10.1. The number of hydrogen-bond acceptors (Lipinski definition) is 6. The molecule has 0 saturated heterocycles. The van der Waals surface area contributed by atoms with E-state index in [1.165, 1.54) is 0 Å². The molecule has 3 heterocycles. The average molecular weight is 280 g/mol. The van der Waals surface area contributed by atoms with E-state index in [1.54, 1.807) is 24.8 Å². The number of nitrogens with two attached hydrogens (primary N) is 2. The molecule has 6 heteroatoms. The van der Waals surface area contributed by atoms with E-state index in [4.69, 9.17) is 11.5 Å². The molecule has 4 N–H and O–H groups in total. The van der Waals surface area contributed by atoms with Crippen LogP contribution >= 0.6 is 0 Å². The van der Waals surface area contributed by atoms with Gasteiger partial charge < -0.3 is 11.5 Å². The summed E-state index contributed by atoms with van der Waals surface area (Å²) in [6.07, 6.45) is 7.54. The Morgan fingerprint density at radius 3 is 2.52 bits per heavy atom. The lowest BCUT2D eigenvalue weighted by Crippen LogP contribution is -2.17. The summed E-state index contributed by atoms with van der Waals surface area (Å²) in [5, 5.41) is 0.920. The molecular formula is C15H16N6. The smallest absolute Gasteiger partial charge is 0.160 e. The van der Waals surface area contributed by atoms with Crippen molar-refractivity contribution in [2.24, 2.45) is 11.5 Å². The molecule has 3 aromatic heterocycles. The van der Waals surface area contributed by atoms with Crippen LogP contribution < -0.4 is 11.5 Å². The Balaban J connectivity index is 2.19. The van der Waals surface area contributed by atoms with Gasteiger partial charge in [0.15, 0.2) is 5.82 Å². The van der Waals surface area contributed by atoms with Crippen molar-refractivity contribution in [3.8, 4) is 11.4 Å². The average Bonchev–Trinajstić information content (AvgIpc) is 2.55. The van der Waals surface area contributed by atoms with Crippen molar-refractivity contribution in [3.05, 3.63) is 48.7 Å². The van der Waals surface area contributed by atoms with Gasteiger partial charge in [-0.25, -0.2) is 9.97 Å². The third kappa shape index (κ3) is 2.72. The van der Waals surface area contributed by atoms with Gasteiger partial charge in [-0.15, -0.1) is 0 Å². The summed E-state index contributed by atoms with van der Waals surface area (Å²) in [7, 11) is 0. The van der Waals surface area contributed by atoms with Gasteiger partial charge in [-0.3, -0.25) is 9.97 Å². The number of pyridine rings is 2. The second kappa shape index (κ2) is 5.90. The molecule has 3 rings (SSSR count). The van der Waals surface area contributed by atoms with Crippen LogP contribution in [-0.2, 0) is 0 Å². The molecule has 6 nitrogen and oxygen atoms in total. The van der Waals surface area contributed by atoms with Crippen LogP contribution in [0.5, 0.6) is 0 Å². The van der Waals surface area contributed by atoms with Crippen LogP contribution in [0.2, 0.25) is 0 Å². The summed E-state index contributed by atoms with van der Waals surface area (Å²) in [5.41, 5.74) is 14.3. The molecule has 3 aromatic rings. The molecule has 1 atom stereocenters. The van der Waals surface area contributed by atoms with Gasteiger partial charge in [-0.05, 0) is 31.2 Å². The van der Waals surface area contributed by atoms with Crippen LogP contribution in [0.25, 0.3) is 22.3 Å². The molecule has 0 aliphatic heterocycles. The summed E-state index contributed by atoms with van der Waals surface area (Å²) < 4.78 is 0. The van der Waals surface area contributed by atoms with Crippen LogP contribution in [0.4, 0.5) is 0 Å². The Hall–Kier alpha value is -2.44. The SMILES string of the molecule is NCCC(N)c1nc(-c2ccncc2)nc2cnccc12. The molecule has 0 saturated carbocycles. The van der Waals surface area contributed by atoms with Crippen LogP contribution in [-0.4, -0.2) is 26.5 Å². The van der Waals surface area contributed by atoms with Crippen LogP contribution in [0.1, 0.15) is 18.2 Å². The molecule has 0 aliphatic carbocycles. The van der Waals surface area contributed by atoms with E-state index in [9.17, 15) is 0 Å². The number of fused-ring (bicyclic) bond motifs is 1. The second-order valence-corrected chi connectivity index (χ2v) is 4.75. The van der Waals surface area contributed by atoms with Gasteiger partial charge >= 0.3 is 0 Å². The molecule has 0 aliphatic rings. The molecule has 106 valence electrons. The van der Waals surface area contributed by atoms with E-state index in [0.717, 1.165) is 22.2 Å². The predicted molar refractivity (Wildman–Crippen MR) is 81.2 cm³/mol. The Morgan fingerprint density at radius 2 is 1.76 bits per heavy atom. The van der Waals surface area contributed by atoms with Crippen molar-refractivity contribution < 1.29 is 0 Å². The topological polar surface area (TPSA) is 104 Å². The zero-order valence-electron chi connectivity index (χ0n) is 11.5. The van der Waals surface area contributed by atoms with Gasteiger partial charge in [0, 0.05) is 35.6 Å². The Bertz CT molecular complexity index is 743. The highest BCUT2D eigenvalue weighted by atomic mass is 14.9. The number of rotatable bonds is 4. The molecule has 0 bridgehead atoms. The summed E-state index contributed by atoms with van der Waals surface area (Å²) >= 11 is 0. The van der Waals surface area contributed by atoms with E-state index >= 15 is 0 Å². The second-order valence-electron chi connectivity index (χ2n) is 4.75. The minimum Gasteiger partial charge on any atom is -0.330 e. The van der Waals surface area contributed by atoms with Crippen molar-refractivity contribution in [2.75, 3.05) is 6.54 Å². The molecule has 21 heavy (non-hydrogen) atoms. The summed E-state index contributed by atoms with van der Waals surface area (Å²) in [5.74, 6) is 0.625. The van der Waals surface area contributed by atoms with Crippen LogP contribution in [0.3, 0.4) is 0 Å². The van der Waals surface area contributed by atoms with Gasteiger partial charge in [0.1, 0.15) is 0 Å². The Kier molecular flexibility index (Phi) is 3.81. The maximum Gasteiger partial charge on any atom is 0.160 e. The zero-order chi connectivity index (χ0) is 14.7. The highest BCUT2D eigenvalue weighted by molar-refractivity contribution is 5.82. The van der Waals surface area contributed by atoms with Crippen molar-refractivity contribution >= 4 is 10.9 Å². The minimum absolute atomic E-state index is 0.219. The highest BCUT2D eigenvalue weighted by Crippen LogP contribution is 2.24. The van der Waals surface area contributed by atoms with Gasteiger partial charge in [-0.2, -0.15) is 0 Å². The van der Waals surface area contributed by atoms with E-state index < -0.39 is 0 Å². The van der Waals surface area contributed by atoms with E-state index in [2.05, 4.69) is 19.9 Å². The molecule has 0 amide bonds. The molecule has 0 fully saturated rings. The summed E-state index contributed by atoms with van der Waals surface area (Å²) in [6, 6.07) is 5.41. The summed E-state index contributed by atoms with van der Waals surface area (Å²) in [4.78, 5) is 17.3. The molecule has 0 radical (unpaired) electrons. The van der Waals surface area contributed by atoms with Crippen LogP contribution in [0.15, 0.2) is 43.0 Å². The lowest BCUT2D eigenvalue weighted by Gasteiger charge is -2.14. The van der Waals surface area contributed by atoms with Crippen molar-refractivity contribution in [1.82, 2.24) is 19.9 Å².